The maximum absolute atomic E-state index is 5.54. The molecule has 0 radical (unpaired) electrons. The number of nitrogens with two attached hydrogens (primary N) is 1. The largest absolute Gasteiger partial charge is 0.497 e. The highest BCUT2D eigenvalue weighted by atomic mass is 16.5. The molecule has 0 aromatic heterocycles. The van der Waals surface area contributed by atoms with Crippen LogP contribution >= 0.6 is 0 Å². The summed E-state index contributed by atoms with van der Waals surface area (Å²) in [6.45, 7) is 3.87. The molecule has 4 heteroatoms. The van der Waals surface area contributed by atoms with E-state index >= 15 is 0 Å². The molecule has 0 saturated carbocycles. The number of hydrogen-bond acceptors (Lipinski definition) is 4. The van der Waals surface area contributed by atoms with E-state index in [4.69, 9.17) is 15.2 Å². The number of rotatable bonds is 7. The first-order chi connectivity index (χ1) is 8.63. The van der Waals surface area contributed by atoms with E-state index in [0.29, 0.717) is 0 Å². The molecule has 102 valence electrons. The van der Waals surface area contributed by atoms with Crippen molar-refractivity contribution >= 4 is 0 Å². The predicted octanol–water partition coefficient (Wildman–Crippen LogP) is 2.05. The van der Waals surface area contributed by atoms with E-state index in [1.807, 2.05) is 12.1 Å². The third kappa shape index (κ3) is 3.62. The van der Waals surface area contributed by atoms with Gasteiger partial charge in [-0.1, -0.05) is 6.07 Å². The van der Waals surface area contributed by atoms with Crippen LogP contribution in [-0.2, 0) is 0 Å². The van der Waals surface area contributed by atoms with Gasteiger partial charge in [-0.25, -0.2) is 0 Å². The average molecular weight is 252 g/mol. The second-order valence-corrected chi connectivity index (χ2v) is 4.41. The fourth-order valence-corrected chi connectivity index (χ4v) is 1.94. The Morgan fingerprint density at radius 1 is 1.28 bits per heavy atom. The second-order valence-electron chi connectivity index (χ2n) is 4.41. The molecule has 18 heavy (non-hydrogen) atoms. The molecular formula is C14H24N2O2. The third-order valence-corrected chi connectivity index (χ3v) is 3.27. The monoisotopic (exact) mass is 252 g/mol. The Kier molecular flexibility index (Phi) is 5.95. The molecule has 0 bridgehead atoms. The van der Waals surface area contributed by atoms with E-state index in [1.54, 1.807) is 14.2 Å². The zero-order valence-corrected chi connectivity index (χ0v) is 11.8. The molecule has 0 aliphatic heterocycles. The highest BCUT2D eigenvalue weighted by Gasteiger charge is 2.16. The smallest absolute Gasteiger partial charge is 0.127 e. The fraction of sp³-hybridized carbons (Fsp3) is 0.571. The van der Waals surface area contributed by atoms with Gasteiger partial charge in [0.25, 0.3) is 0 Å². The van der Waals surface area contributed by atoms with Crippen molar-refractivity contribution in [3.8, 4) is 11.5 Å². The zero-order valence-electron chi connectivity index (χ0n) is 11.8. The zero-order chi connectivity index (χ0) is 13.5. The minimum Gasteiger partial charge on any atom is -0.497 e. The van der Waals surface area contributed by atoms with Gasteiger partial charge in [-0.05, 0) is 39.5 Å². The Hall–Kier alpha value is -1.26. The van der Waals surface area contributed by atoms with Gasteiger partial charge >= 0.3 is 0 Å². The van der Waals surface area contributed by atoms with Crippen LogP contribution in [-0.4, -0.2) is 39.3 Å². The number of nitrogens with zero attached hydrogens (tertiary/aromatic N) is 1. The van der Waals surface area contributed by atoms with E-state index < -0.39 is 0 Å². The van der Waals surface area contributed by atoms with Crippen LogP contribution in [0.4, 0.5) is 0 Å². The van der Waals surface area contributed by atoms with Gasteiger partial charge in [-0.2, -0.15) is 0 Å². The first-order valence-electron chi connectivity index (χ1n) is 6.26. The summed E-state index contributed by atoms with van der Waals surface area (Å²) in [4.78, 5) is 2.27. The lowest BCUT2D eigenvalue weighted by Gasteiger charge is -2.26. The standard InChI is InChI=1S/C14H24N2O2/c1-11(16(2)9-5-8-15)13-7-6-12(17-3)10-14(13)18-4/h6-7,10-11H,5,8-9,15H2,1-4H3. The first-order valence-corrected chi connectivity index (χ1v) is 6.26. The fourth-order valence-electron chi connectivity index (χ4n) is 1.94. The molecule has 0 saturated heterocycles. The summed E-state index contributed by atoms with van der Waals surface area (Å²) < 4.78 is 10.6. The Labute approximate surface area is 110 Å². The van der Waals surface area contributed by atoms with Gasteiger partial charge in [0.1, 0.15) is 11.5 Å². The molecule has 2 N–H and O–H groups in total. The highest BCUT2D eigenvalue weighted by Crippen LogP contribution is 2.31. The summed E-state index contributed by atoms with van der Waals surface area (Å²) >= 11 is 0. The second kappa shape index (κ2) is 7.24. The molecule has 4 nitrogen and oxygen atoms in total. The van der Waals surface area contributed by atoms with E-state index in [0.717, 1.165) is 36.6 Å². The van der Waals surface area contributed by atoms with Gasteiger partial charge in [-0.15, -0.1) is 0 Å². The minimum absolute atomic E-state index is 0.289. The first kappa shape index (κ1) is 14.8. The molecule has 1 aromatic rings. The lowest BCUT2D eigenvalue weighted by atomic mass is 10.1. The molecule has 0 aliphatic rings. The Morgan fingerprint density at radius 2 is 2.00 bits per heavy atom. The van der Waals surface area contributed by atoms with Gasteiger partial charge in [0.15, 0.2) is 0 Å². The molecule has 0 spiro atoms. The summed E-state index contributed by atoms with van der Waals surface area (Å²) in [5.74, 6) is 1.67. The van der Waals surface area contributed by atoms with Gasteiger partial charge in [0, 0.05) is 17.7 Å². The van der Waals surface area contributed by atoms with Crippen LogP contribution in [0.15, 0.2) is 18.2 Å². The van der Waals surface area contributed by atoms with Crippen molar-refractivity contribution in [1.29, 1.82) is 0 Å². The van der Waals surface area contributed by atoms with Crippen molar-refractivity contribution in [2.45, 2.75) is 19.4 Å². The lowest BCUT2D eigenvalue weighted by molar-refractivity contribution is 0.253. The van der Waals surface area contributed by atoms with E-state index in [9.17, 15) is 0 Å². The Balaban J connectivity index is 2.86. The summed E-state index contributed by atoms with van der Waals surface area (Å²) in [6.07, 6.45) is 0.999. The summed E-state index contributed by atoms with van der Waals surface area (Å²) in [5.41, 5.74) is 6.71. The summed E-state index contributed by atoms with van der Waals surface area (Å²) in [6, 6.07) is 6.23. The normalized spacial score (nSPS) is 12.6. The van der Waals surface area contributed by atoms with Crippen molar-refractivity contribution in [2.24, 2.45) is 5.73 Å². The summed E-state index contributed by atoms with van der Waals surface area (Å²) in [7, 11) is 5.44. The van der Waals surface area contributed by atoms with Crippen LogP contribution in [0.2, 0.25) is 0 Å². The Bertz CT molecular complexity index is 369. The van der Waals surface area contributed by atoms with Crippen molar-refractivity contribution in [1.82, 2.24) is 4.90 Å². The molecule has 0 heterocycles. The SMILES string of the molecule is COc1ccc(C(C)N(C)CCCN)c(OC)c1. The van der Waals surface area contributed by atoms with Crippen LogP contribution in [0, 0.1) is 0 Å². The topological polar surface area (TPSA) is 47.7 Å². The van der Waals surface area contributed by atoms with Crippen LogP contribution in [0.3, 0.4) is 0 Å². The third-order valence-electron chi connectivity index (χ3n) is 3.27. The molecular weight excluding hydrogens is 228 g/mol. The number of benzene rings is 1. The van der Waals surface area contributed by atoms with E-state index in [1.165, 1.54) is 0 Å². The molecule has 1 atom stereocenters. The van der Waals surface area contributed by atoms with Crippen molar-refractivity contribution < 1.29 is 9.47 Å². The van der Waals surface area contributed by atoms with E-state index in [-0.39, 0.29) is 6.04 Å². The molecule has 1 unspecified atom stereocenters. The molecule has 0 amide bonds. The van der Waals surface area contributed by atoms with E-state index in [2.05, 4.69) is 24.9 Å². The van der Waals surface area contributed by atoms with Crippen LogP contribution in [0.1, 0.15) is 24.9 Å². The van der Waals surface area contributed by atoms with Gasteiger partial charge in [0.05, 0.1) is 14.2 Å². The molecule has 1 rings (SSSR count). The van der Waals surface area contributed by atoms with Gasteiger partial charge in [0.2, 0.25) is 0 Å². The maximum atomic E-state index is 5.54. The molecule has 1 aromatic carbocycles. The molecule has 0 aliphatic carbocycles. The van der Waals surface area contributed by atoms with Crippen LogP contribution in [0.25, 0.3) is 0 Å². The van der Waals surface area contributed by atoms with Gasteiger partial charge in [-0.3, -0.25) is 4.90 Å². The number of hydrogen-bond donors (Lipinski definition) is 1. The lowest BCUT2D eigenvalue weighted by Crippen LogP contribution is -2.25. The van der Waals surface area contributed by atoms with Crippen molar-refractivity contribution in [2.75, 3.05) is 34.4 Å². The highest BCUT2D eigenvalue weighted by molar-refractivity contribution is 5.42. The maximum Gasteiger partial charge on any atom is 0.127 e. The van der Waals surface area contributed by atoms with Crippen molar-refractivity contribution in [3.63, 3.8) is 0 Å². The van der Waals surface area contributed by atoms with Crippen LogP contribution in [0.5, 0.6) is 11.5 Å². The predicted molar refractivity (Wildman–Crippen MR) is 74.3 cm³/mol. The Morgan fingerprint density at radius 3 is 2.56 bits per heavy atom. The van der Waals surface area contributed by atoms with Crippen molar-refractivity contribution in [3.05, 3.63) is 23.8 Å². The average Bonchev–Trinajstić information content (AvgIpc) is 2.43. The number of ether oxygens (including phenoxy) is 2. The van der Waals surface area contributed by atoms with Gasteiger partial charge < -0.3 is 15.2 Å². The molecule has 0 fully saturated rings. The minimum atomic E-state index is 0.289. The van der Waals surface area contributed by atoms with Crippen LogP contribution < -0.4 is 15.2 Å². The summed E-state index contributed by atoms with van der Waals surface area (Å²) in [5, 5.41) is 0. The number of methoxy groups -OCH3 is 2. The quantitative estimate of drug-likeness (QED) is 0.807.